The Morgan fingerprint density at radius 1 is 1.41 bits per heavy atom. The van der Waals surface area contributed by atoms with Gasteiger partial charge in [-0.3, -0.25) is 0 Å². The molecule has 0 fully saturated rings. The Hall–Kier alpha value is -1.32. The van der Waals surface area contributed by atoms with Crippen molar-refractivity contribution in [3.8, 4) is 0 Å². The van der Waals surface area contributed by atoms with Crippen molar-refractivity contribution < 1.29 is 26.9 Å². The Kier molecular flexibility index (Phi) is 3.65. The lowest BCUT2D eigenvalue weighted by atomic mass is 10.2. The van der Waals surface area contributed by atoms with Crippen LogP contribution in [0.25, 0.3) is 0 Å². The molecule has 0 N–H and O–H groups in total. The summed E-state index contributed by atoms with van der Waals surface area (Å²) in [6, 6.07) is 0.346. The second-order valence-electron chi connectivity index (χ2n) is 2.79. The summed E-state index contributed by atoms with van der Waals surface area (Å²) in [7, 11) is 0. The first kappa shape index (κ1) is 13.7. The highest BCUT2D eigenvalue weighted by molar-refractivity contribution is 9.10. The van der Waals surface area contributed by atoms with Crippen molar-refractivity contribution in [3.63, 3.8) is 0 Å². The Morgan fingerprint density at radius 2 is 1.94 bits per heavy atom. The summed E-state index contributed by atoms with van der Waals surface area (Å²) >= 11 is 2.40. The van der Waals surface area contributed by atoms with Crippen molar-refractivity contribution in [1.82, 2.24) is 4.98 Å². The van der Waals surface area contributed by atoms with Crippen molar-refractivity contribution in [2.24, 2.45) is 0 Å². The highest BCUT2D eigenvalue weighted by Crippen LogP contribution is 2.38. The minimum absolute atomic E-state index is 0.346. The second-order valence-corrected chi connectivity index (χ2v) is 3.64. The maximum absolute atomic E-state index is 12.3. The lowest BCUT2D eigenvalue weighted by molar-refractivity contribution is -0.391. The number of alkyl halides is 5. The van der Waals surface area contributed by atoms with Crippen molar-refractivity contribution in [1.29, 1.82) is 0 Å². The average molecular weight is 321 g/mol. The Labute approximate surface area is 98.7 Å². The van der Waals surface area contributed by atoms with Crippen molar-refractivity contribution in [3.05, 3.63) is 31.9 Å². The van der Waals surface area contributed by atoms with Crippen LogP contribution in [-0.2, 0) is 6.18 Å². The van der Waals surface area contributed by atoms with Gasteiger partial charge in [0.25, 0.3) is 12.1 Å². The SMILES string of the molecule is O=[N+]([O-])c1nc(C(F)(F)F)c(Br)cc1C(F)F. The van der Waals surface area contributed by atoms with Crippen LogP contribution in [-0.4, -0.2) is 9.91 Å². The monoisotopic (exact) mass is 320 g/mol. The van der Waals surface area contributed by atoms with E-state index in [0.717, 1.165) is 0 Å². The van der Waals surface area contributed by atoms with Gasteiger partial charge in [0.1, 0.15) is 5.56 Å². The standard InChI is InChI=1S/C7H2BrF5N2O2/c8-3-1-2(5(9)10)6(15(16)17)14-4(3)7(11,12)13/h1,5H. The van der Waals surface area contributed by atoms with Gasteiger partial charge in [-0.25, -0.2) is 8.78 Å². The van der Waals surface area contributed by atoms with E-state index in [9.17, 15) is 32.1 Å². The lowest BCUT2D eigenvalue weighted by Crippen LogP contribution is -2.12. The number of hydrogen-bond donors (Lipinski definition) is 0. The summed E-state index contributed by atoms with van der Waals surface area (Å²) in [5.41, 5.74) is -2.79. The van der Waals surface area contributed by atoms with Gasteiger partial charge >= 0.3 is 12.0 Å². The fourth-order valence-corrected chi connectivity index (χ4v) is 1.56. The Morgan fingerprint density at radius 3 is 2.29 bits per heavy atom. The van der Waals surface area contributed by atoms with Gasteiger partial charge in [-0.05, 0) is 31.9 Å². The molecule has 0 aliphatic carbocycles. The zero-order chi connectivity index (χ0) is 13.4. The predicted octanol–water partition coefficient (Wildman–Crippen LogP) is 3.71. The smallest absolute Gasteiger partial charge is 0.358 e. The van der Waals surface area contributed by atoms with Crippen LogP contribution in [0, 0.1) is 10.1 Å². The molecule has 0 bridgehead atoms. The first-order valence-corrected chi connectivity index (χ1v) is 4.64. The Balaban J connectivity index is 3.51. The molecule has 1 heterocycles. The quantitative estimate of drug-likeness (QED) is 0.474. The maximum Gasteiger partial charge on any atom is 0.459 e. The predicted molar refractivity (Wildman–Crippen MR) is 48.6 cm³/mol. The van der Waals surface area contributed by atoms with Gasteiger partial charge in [0.2, 0.25) is 0 Å². The topological polar surface area (TPSA) is 56.0 Å². The largest absolute Gasteiger partial charge is 0.459 e. The number of nitrogens with zero attached hydrogens (tertiary/aromatic N) is 2. The van der Waals surface area contributed by atoms with E-state index in [1.165, 1.54) is 0 Å². The highest BCUT2D eigenvalue weighted by atomic mass is 79.9. The third-order valence-electron chi connectivity index (χ3n) is 1.66. The van der Waals surface area contributed by atoms with Gasteiger partial charge in [-0.1, -0.05) is 0 Å². The summed E-state index contributed by atoms with van der Waals surface area (Å²) in [6.07, 6.45) is -8.26. The molecule has 1 rings (SSSR count). The van der Waals surface area contributed by atoms with Gasteiger partial charge in [0, 0.05) is 0 Å². The van der Waals surface area contributed by atoms with Crippen LogP contribution in [0.4, 0.5) is 27.8 Å². The lowest BCUT2D eigenvalue weighted by Gasteiger charge is -2.07. The molecule has 0 radical (unpaired) electrons. The first-order chi connectivity index (χ1) is 7.64. The van der Waals surface area contributed by atoms with Crippen molar-refractivity contribution >= 4 is 21.7 Å². The second kappa shape index (κ2) is 4.51. The minimum atomic E-state index is -4.97. The third kappa shape index (κ3) is 2.87. The Bertz CT molecular complexity index is 462. The number of aromatic nitrogens is 1. The number of pyridine rings is 1. The molecule has 0 aromatic carbocycles. The molecule has 1 aromatic heterocycles. The van der Waals surface area contributed by atoms with Crippen molar-refractivity contribution in [2.75, 3.05) is 0 Å². The number of halogens is 6. The van der Waals surface area contributed by atoms with Gasteiger partial charge < -0.3 is 10.1 Å². The molecule has 0 spiro atoms. The molecular formula is C7H2BrF5N2O2. The van der Waals surface area contributed by atoms with Crippen LogP contribution >= 0.6 is 15.9 Å². The van der Waals surface area contributed by atoms with Gasteiger partial charge in [-0.2, -0.15) is 13.2 Å². The van der Waals surface area contributed by atoms with E-state index < -0.39 is 39.1 Å². The van der Waals surface area contributed by atoms with Gasteiger partial charge in [-0.15, -0.1) is 0 Å². The van der Waals surface area contributed by atoms with Gasteiger partial charge in [0.05, 0.1) is 4.47 Å². The fourth-order valence-electron chi connectivity index (χ4n) is 0.999. The average Bonchev–Trinajstić information content (AvgIpc) is 2.14. The van der Waals surface area contributed by atoms with Crippen LogP contribution < -0.4 is 0 Å². The zero-order valence-electron chi connectivity index (χ0n) is 7.63. The molecular weight excluding hydrogens is 319 g/mol. The molecule has 0 saturated heterocycles. The molecule has 4 nitrogen and oxygen atoms in total. The molecule has 0 amide bonds. The highest BCUT2D eigenvalue weighted by Gasteiger charge is 2.42. The molecule has 0 aliphatic heterocycles. The maximum atomic E-state index is 12.3. The van der Waals surface area contributed by atoms with Crippen LogP contribution in [0.15, 0.2) is 10.5 Å². The van der Waals surface area contributed by atoms with Crippen molar-refractivity contribution in [2.45, 2.75) is 12.6 Å². The fraction of sp³-hybridized carbons (Fsp3) is 0.286. The molecule has 0 aliphatic rings. The third-order valence-corrected chi connectivity index (χ3v) is 2.27. The number of nitro groups is 1. The normalized spacial score (nSPS) is 11.9. The minimum Gasteiger partial charge on any atom is -0.358 e. The summed E-state index contributed by atoms with van der Waals surface area (Å²) in [5.74, 6) is -1.50. The number of hydrogen-bond acceptors (Lipinski definition) is 3. The molecule has 10 heteroatoms. The van der Waals surface area contributed by atoms with E-state index in [0.29, 0.717) is 6.07 Å². The molecule has 0 unspecified atom stereocenters. The molecule has 1 aromatic rings. The van der Waals surface area contributed by atoms with Crippen LogP contribution in [0.1, 0.15) is 17.7 Å². The van der Waals surface area contributed by atoms with Crippen LogP contribution in [0.3, 0.4) is 0 Å². The molecule has 0 saturated carbocycles. The van der Waals surface area contributed by atoms with Crippen LogP contribution in [0.5, 0.6) is 0 Å². The summed E-state index contributed by atoms with van der Waals surface area (Å²) < 4.78 is 60.9. The van der Waals surface area contributed by atoms with Crippen LogP contribution in [0.2, 0.25) is 0 Å². The van der Waals surface area contributed by atoms with E-state index in [2.05, 4.69) is 20.9 Å². The first-order valence-electron chi connectivity index (χ1n) is 3.84. The summed E-state index contributed by atoms with van der Waals surface area (Å²) in [6.45, 7) is 0. The van der Waals surface area contributed by atoms with E-state index in [4.69, 9.17) is 0 Å². The molecule has 94 valence electrons. The number of rotatable bonds is 2. The molecule has 0 atom stereocenters. The molecule has 17 heavy (non-hydrogen) atoms. The van der Waals surface area contributed by atoms with E-state index in [1.54, 1.807) is 0 Å². The van der Waals surface area contributed by atoms with E-state index in [1.807, 2.05) is 0 Å². The van der Waals surface area contributed by atoms with E-state index in [-0.39, 0.29) is 0 Å². The van der Waals surface area contributed by atoms with E-state index >= 15 is 0 Å². The van der Waals surface area contributed by atoms with Gasteiger partial charge in [0.15, 0.2) is 0 Å². The summed E-state index contributed by atoms with van der Waals surface area (Å²) in [4.78, 5) is 11.6. The zero-order valence-corrected chi connectivity index (χ0v) is 9.22. The summed E-state index contributed by atoms with van der Waals surface area (Å²) in [5, 5.41) is 10.3.